The summed E-state index contributed by atoms with van der Waals surface area (Å²) in [6.45, 7) is 8.08. The van der Waals surface area contributed by atoms with Gasteiger partial charge < -0.3 is 14.2 Å². The zero-order chi connectivity index (χ0) is 32.4. The van der Waals surface area contributed by atoms with E-state index in [1.54, 1.807) is 54.8 Å². The molecule has 234 valence electrons. The number of benzene rings is 3. The molecule has 45 heavy (non-hydrogen) atoms. The Labute approximate surface area is 280 Å². The Kier molecular flexibility index (Phi) is 10.1. The summed E-state index contributed by atoms with van der Waals surface area (Å²) >= 11 is 20.2. The number of ether oxygens (including phenoxy) is 3. The standard InChI is InChI=1S/C34H31Cl3N2O5S/c1-6-43-33(41)29-19(4)38-34-39(30(29)22-9-7-21(8-10-22)18(2)3)32(40)28(45-34)15-20-13-26(37)31(27(14-20)42-5)44-17-23-11-12-24(35)16-25(23)36/h7-16,18,30H,6,17H2,1-5H3/b28-15+/t30-/m1/s1. The van der Waals surface area contributed by atoms with Crippen LogP contribution in [0.5, 0.6) is 11.5 Å². The fourth-order valence-electron chi connectivity index (χ4n) is 5.07. The molecule has 1 aromatic heterocycles. The molecule has 4 aromatic rings. The Morgan fingerprint density at radius 3 is 2.44 bits per heavy atom. The lowest BCUT2D eigenvalue weighted by Crippen LogP contribution is -2.39. The van der Waals surface area contributed by atoms with Gasteiger partial charge in [-0.05, 0) is 66.8 Å². The van der Waals surface area contributed by atoms with Crippen LogP contribution in [0.15, 0.2) is 75.7 Å². The second-order valence-electron chi connectivity index (χ2n) is 10.7. The van der Waals surface area contributed by atoms with Gasteiger partial charge in [-0.15, -0.1) is 0 Å². The van der Waals surface area contributed by atoms with Crippen molar-refractivity contribution in [2.75, 3.05) is 13.7 Å². The largest absolute Gasteiger partial charge is 0.493 e. The number of hydrogen-bond donors (Lipinski definition) is 0. The molecular weight excluding hydrogens is 655 g/mol. The number of nitrogens with zero attached hydrogens (tertiary/aromatic N) is 2. The first kappa shape index (κ1) is 32.8. The summed E-state index contributed by atoms with van der Waals surface area (Å²) in [5.74, 6) is 0.551. The molecule has 0 aliphatic carbocycles. The summed E-state index contributed by atoms with van der Waals surface area (Å²) in [5.41, 5.74) is 3.84. The summed E-state index contributed by atoms with van der Waals surface area (Å²) in [7, 11) is 1.51. The van der Waals surface area contributed by atoms with Gasteiger partial charge >= 0.3 is 5.97 Å². The molecule has 0 bridgehead atoms. The van der Waals surface area contributed by atoms with Crippen LogP contribution < -0.4 is 24.4 Å². The van der Waals surface area contributed by atoms with Gasteiger partial charge in [0.15, 0.2) is 16.3 Å². The molecule has 3 aromatic carbocycles. The molecule has 5 rings (SSSR count). The molecule has 1 aliphatic heterocycles. The van der Waals surface area contributed by atoms with Gasteiger partial charge in [0, 0.05) is 15.6 Å². The molecule has 7 nitrogen and oxygen atoms in total. The number of methoxy groups -OCH3 is 1. The van der Waals surface area contributed by atoms with Crippen molar-refractivity contribution in [1.29, 1.82) is 0 Å². The van der Waals surface area contributed by atoms with Crippen molar-refractivity contribution >= 4 is 58.2 Å². The minimum absolute atomic E-state index is 0.143. The molecule has 1 aliphatic rings. The van der Waals surface area contributed by atoms with Gasteiger partial charge in [0.2, 0.25) is 0 Å². The van der Waals surface area contributed by atoms with E-state index in [-0.39, 0.29) is 18.8 Å². The van der Waals surface area contributed by atoms with Crippen molar-refractivity contribution in [3.8, 4) is 11.5 Å². The fraction of sp³-hybridized carbons (Fsp3) is 0.265. The van der Waals surface area contributed by atoms with Crippen LogP contribution in [0.4, 0.5) is 0 Å². The van der Waals surface area contributed by atoms with E-state index < -0.39 is 12.0 Å². The quantitative estimate of drug-likeness (QED) is 0.171. The highest BCUT2D eigenvalue weighted by molar-refractivity contribution is 7.07. The van der Waals surface area contributed by atoms with Gasteiger partial charge in [-0.1, -0.05) is 90.3 Å². The molecule has 0 unspecified atom stereocenters. The smallest absolute Gasteiger partial charge is 0.338 e. The van der Waals surface area contributed by atoms with Gasteiger partial charge in [0.25, 0.3) is 5.56 Å². The third kappa shape index (κ3) is 6.84. The number of carbonyl (C=O) groups excluding carboxylic acids is 1. The van der Waals surface area contributed by atoms with Gasteiger partial charge in [0.05, 0.1) is 40.6 Å². The minimum atomic E-state index is -0.697. The summed E-state index contributed by atoms with van der Waals surface area (Å²) in [6, 6.07) is 15.8. The maximum absolute atomic E-state index is 14.0. The van der Waals surface area contributed by atoms with Crippen LogP contribution in [-0.4, -0.2) is 24.3 Å². The maximum atomic E-state index is 14.0. The molecule has 0 radical (unpaired) electrons. The fourth-order valence-corrected chi connectivity index (χ4v) is 6.86. The van der Waals surface area contributed by atoms with E-state index in [2.05, 4.69) is 18.8 Å². The normalized spacial score (nSPS) is 14.8. The molecule has 0 spiro atoms. The SMILES string of the molecule is CCOC(=O)C1=C(C)N=c2s/c(=C/c3cc(Cl)c(OCc4ccc(Cl)cc4Cl)c(OC)c3)c(=O)n2[C@@H]1c1ccc(C(C)C)cc1. The summed E-state index contributed by atoms with van der Waals surface area (Å²) in [4.78, 5) is 32.4. The second-order valence-corrected chi connectivity index (χ2v) is 12.9. The Morgan fingerprint density at radius 2 is 1.80 bits per heavy atom. The topological polar surface area (TPSA) is 79.1 Å². The molecule has 0 N–H and O–H groups in total. The van der Waals surface area contributed by atoms with Crippen molar-refractivity contribution in [2.45, 2.75) is 46.3 Å². The highest BCUT2D eigenvalue weighted by Crippen LogP contribution is 2.38. The van der Waals surface area contributed by atoms with Crippen LogP contribution in [0.25, 0.3) is 6.08 Å². The molecule has 11 heteroatoms. The number of thiazole rings is 1. The molecule has 0 fully saturated rings. The highest BCUT2D eigenvalue weighted by Gasteiger charge is 2.33. The Bertz CT molecular complexity index is 1980. The first-order valence-corrected chi connectivity index (χ1v) is 16.2. The molecule has 1 atom stereocenters. The Balaban J connectivity index is 1.57. The van der Waals surface area contributed by atoms with Crippen LogP contribution >= 0.6 is 46.1 Å². The third-order valence-electron chi connectivity index (χ3n) is 7.37. The summed E-state index contributed by atoms with van der Waals surface area (Å²) in [5, 5.41) is 1.29. The van der Waals surface area contributed by atoms with Crippen LogP contribution in [0.3, 0.4) is 0 Å². The number of hydrogen-bond acceptors (Lipinski definition) is 7. The zero-order valence-corrected chi connectivity index (χ0v) is 28.4. The number of esters is 1. The average molecular weight is 686 g/mol. The molecule has 0 amide bonds. The lowest BCUT2D eigenvalue weighted by atomic mass is 9.93. The van der Waals surface area contributed by atoms with Crippen molar-refractivity contribution in [1.82, 2.24) is 4.57 Å². The van der Waals surface area contributed by atoms with E-state index in [1.807, 2.05) is 24.3 Å². The monoisotopic (exact) mass is 684 g/mol. The highest BCUT2D eigenvalue weighted by atomic mass is 35.5. The number of aromatic nitrogens is 1. The first-order valence-electron chi connectivity index (χ1n) is 14.3. The number of allylic oxidation sites excluding steroid dienone is 1. The predicted octanol–water partition coefficient (Wildman–Crippen LogP) is 7.47. The molecule has 0 saturated carbocycles. The lowest BCUT2D eigenvalue weighted by Gasteiger charge is -2.25. The van der Waals surface area contributed by atoms with E-state index in [9.17, 15) is 9.59 Å². The van der Waals surface area contributed by atoms with Crippen LogP contribution in [0.1, 0.15) is 61.9 Å². The summed E-state index contributed by atoms with van der Waals surface area (Å²) < 4.78 is 19.0. The predicted molar refractivity (Wildman–Crippen MR) is 180 cm³/mol. The first-order chi connectivity index (χ1) is 21.5. The van der Waals surface area contributed by atoms with Crippen LogP contribution in [0.2, 0.25) is 15.1 Å². The van der Waals surface area contributed by atoms with E-state index in [1.165, 1.54) is 18.4 Å². The number of rotatable bonds is 9. The number of halogens is 3. The van der Waals surface area contributed by atoms with Gasteiger partial charge in [-0.2, -0.15) is 0 Å². The van der Waals surface area contributed by atoms with Gasteiger partial charge in [-0.3, -0.25) is 9.36 Å². The van der Waals surface area contributed by atoms with Gasteiger partial charge in [-0.25, -0.2) is 9.79 Å². The van der Waals surface area contributed by atoms with E-state index in [0.29, 0.717) is 58.7 Å². The van der Waals surface area contributed by atoms with Crippen LogP contribution in [-0.2, 0) is 16.1 Å². The van der Waals surface area contributed by atoms with E-state index in [0.717, 1.165) is 16.7 Å². The zero-order valence-electron chi connectivity index (χ0n) is 25.3. The number of carbonyl (C=O) groups is 1. The van der Waals surface area contributed by atoms with E-state index in [4.69, 9.17) is 49.0 Å². The maximum Gasteiger partial charge on any atom is 0.338 e. The lowest BCUT2D eigenvalue weighted by molar-refractivity contribution is -0.139. The molecule has 2 heterocycles. The van der Waals surface area contributed by atoms with Crippen molar-refractivity contribution in [3.63, 3.8) is 0 Å². The molecular formula is C34H31Cl3N2O5S. The second kappa shape index (κ2) is 13.8. The van der Waals surface area contributed by atoms with Gasteiger partial charge in [0.1, 0.15) is 6.61 Å². The van der Waals surface area contributed by atoms with Crippen molar-refractivity contribution in [2.24, 2.45) is 4.99 Å². The molecule has 0 saturated heterocycles. The minimum Gasteiger partial charge on any atom is -0.493 e. The number of fused-ring (bicyclic) bond motifs is 1. The van der Waals surface area contributed by atoms with Crippen LogP contribution in [0, 0.1) is 0 Å². The Morgan fingerprint density at radius 1 is 1.07 bits per heavy atom. The summed E-state index contributed by atoms with van der Waals surface area (Å²) in [6.07, 6.45) is 1.72. The van der Waals surface area contributed by atoms with Crippen molar-refractivity contribution < 1.29 is 19.0 Å². The third-order valence-corrected chi connectivity index (χ3v) is 9.22. The average Bonchev–Trinajstić information content (AvgIpc) is 3.30. The van der Waals surface area contributed by atoms with Crippen molar-refractivity contribution in [3.05, 3.63) is 123 Å². The Hall–Kier alpha value is -3.56. The van der Waals surface area contributed by atoms with E-state index >= 15 is 0 Å².